The standard InChI is InChI=1S/C19H19N3O3/c1-2-24-16-10-8-15(9-11-16)19(23)20-13-17-21-18(25-22-17)12-14-6-4-3-5-7-14/h3-11H,2,12-13H2,1H3,(H,20,23). The van der Waals surface area contributed by atoms with Crippen molar-refractivity contribution in [3.05, 3.63) is 77.4 Å². The van der Waals surface area contributed by atoms with Crippen molar-refractivity contribution >= 4 is 5.91 Å². The van der Waals surface area contributed by atoms with E-state index in [1.165, 1.54) is 0 Å². The fraction of sp³-hybridized carbons (Fsp3) is 0.211. The summed E-state index contributed by atoms with van der Waals surface area (Å²) in [5.41, 5.74) is 1.65. The van der Waals surface area contributed by atoms with Crippen LogP contribution in [0.2, 0.25) is 0 Å². The summed E-state index contributed by atoms with van der Waals surface area (Å²) in [5.74, 6) is 1.52. The van der Waals surface area contributed by atoms with Crippen LogP contribution in [0.4, 0.5) is 0 Å². The molecule has 0 saturated carbocycles. The molecule has 6 heteroatoms. The minimum Gasteiger partial charge on any atom is -0.494 e. The molecule has 128 valence electrons. The zero-order chi connectivity index (χ0) is 17.5. The zero-order valence-electron chi connectivity index (χ0n) is 13.9. The lowest BCUT2D eigenvalue weighted by Crippen LogP contribution is -2.23. The van der Waals surface area contributed by atoms with Crippen molar-refractivity contribution in [3.63, 3.8) is 0 Å². The molecule has 1 amide bonds. The van der Waals surface area contributed by atoms with Gasteiger partial charge in [0.25, 0.3) is 5.91 Å². The summed E-state index contributed by atoms with van der Waals surface area (Å²) in [6.07, 6.45) is 0.570. The molecule has 1 heterocycles. The number of nitrogens with zero attached hydrogens (tertiary/aromatic N) is 2. The van der Waals surface area contributed by atoms with E-state index in [9.17, 15) is 4.79 Å². The van der Waals surface area contributed by atoms with Crippen LogP contribution in [-0.4, -0.2) is 22.7 Å². The summed E-state index contributed by atoms with van der Waals surface area (Å²) >= 11 is 0. The molecule has 0 atom stereocenters. The smallest absolute Gasteiger partial charge is 0.251 e. The molecule has 0 bridgehead atoms. The molecule has 0 fully saturated rings. The number of aromatic nitrogens is 2. The minimum absolute atomic E-state index is 0.197. The van der Waals surface area contributed by atoms with Crippen LogP contribution in [0.5, 0.6) is 5.75 Å². The molecule has 0 aliphatic heterocycles. The second kappa shape index (κ2) is 8.10. The van der Waals surface area contributed by atoms with Gasteiger partial charge < -0.3 is 14.6 Å². The Kier molecular flexibility index (Phi) is 5.41. The molecule has 2 aromatic carbocycles. The number of carbonyl (C=O) groups is 1. The van der Waals surface area contributed by atoms with Crippen LogP contribution in [-0.2, 0) is 13.0 Å². The van der Waals surface area contributed by atoms with E-state index >= 15 is 0 Å². The van der Waals surface area contributed by atoms with Crippen LogP contribution >= 0.6 is 0 Å². The maximum atomic E-state index is 12.1. The molecular formula is C19H19N3O3. The third-order valence-electron chi connectivity index (χ3n) is 3.54. The Morgan fingerprint density at radius 1 is 1.12 bits per heavy atom. The molecule has 0 aliphatic rings. The summed E-state index contributed by atoms with van der Waals surface area (Å²) in [4.78, 5) is 16.4. The van der Waals surface area contributed by atoms with Crippen molar-refractivity contribution in [1.29, 1.82) is 0 Å². The average Bonchev–Trinajstić information content (AvgIpc) is 3.09. The van der Waals surface area contributed by atoms with E-state index in [1.807, 2.05) is 37.3 Å². The lowest BCUT2D eigenvalue weighted by molar-refractivity contribution is 0.0949. The molecule has 0 radical (unpaired) electrons. The largest absolute Gasteiger partial charge is 0.494 e. The summed E-state index contributed by atoms with van der Waals surface area (Å²) < 4.78 is 10.6. The molecule has 0 unspecified atom stereocenters. The van der Waals surface area contributed by atoms with Gasteiger partial charge in [-0.2, -0.15) is 4.98 Å². The van der Waals surface area contributed by atoms with Crippen molar-refractivity contribution in [2.75, 3.05) is 6.61 Å². The topological polar surface area (TPSA) is 77.2 Å². The predicted octanol–water partition coefficient (Wildman–Crippen LogP) is 2.99. The minimum atomic E-state index is -0.197. The van der Waals surface area contributed by atoms with Crippen LogP contribution in [0.3, 0.4) is 0 Å². The summed E-state index contributed by atoms with van der Waals surface area (Å²) in [6.45, 7) is 2.72. The lowest BCUT2D eigenvalue weighted by Gasteiger charge is -2.05. The van der Waals surface area contributed by atoms with E-state index in [1.54, 1.807) is 24.3 Å². The van der Waals surface area contributed by atoms with Crippen LogP contribution in [0.1, 0.15) is 34.6 Å². The van der Waals surface area contributed by atoms with Gasteiger partial charge in [-0.1, -0.05) is 35.5 Å². The van der Waals surface area contributed by atoms with Gasteiger partial charge in [0, 0.05) is 5.56 Å². The van der Waals surface area contributed by atoms with Crippen molar-refractivity contribution < 1.29 is 14.1 Å². The van der Waals surface area contributed by atoms with E-state index in [-0.39, 0.29) is 12.5 Å². The molecule has 1 aromatic heterocycles. The van der Waals surface area contributed by atoms with Crippen molar-refractivity contribution in [2.45, 2.75) is 19.9 Å². The number of ether oxygens (including phenoxy) is 1. The highest BCUT2D eigenvalue weighted by atomic mass is 16.5. The Hall–Kier alpha value is -3.15. The van der Waals surface area contributed by atoms with E-state index in [0.29, 0.717) is 30.3 Å². The first kappa shape index (κ1) is 16.7. The van der Waals surface area contributed by atoms with Crippen molar-refractivity contribution in [3.8, 4) is 5.75 Å². The molecule has 1 N–H and O–H groups in total. The quantitative estimate of drug-likeness (QED) is 0.717. The molecule has 25 heavy (non-hydrogen) atoms. The monoisotopic (exact) mass is 337 g/mol. The Labute approximate surface area is 145 Å². The second-order valence-corrected chi connectivity index (χ2v) is 5.41. The van der Waals surface area contributed by atoms with E-state index in [2.05, 4.69) is 15.5 Å². The second-order valence-electron chi connectivity index (χ2n) is 5.41. The summed E-state index contributed by atoms with van der Waals surface area (Å²) in [5, 5.41) is 6.67. The molecule has 3 aromatic rings. The van der Waals surface area contributed by atoms with Gasteiger partial charge in [-0.3, -0.25) is 4.79 Å². The maximum absolute atomic E-state index is 12.1. The number of carbonyl (C=O) groups excluding carboxylic acids is 1. The fourth-order valence-corrected chi connectivity index (χ4v) is 2.33. The van der Waals surface area contributed by atoms with Gasteiger partial charge in [-0.25, -0.2) is 0 Å². The van der Waals surface area contributed by atoms with Crippen LogP contribution in [0.15, 0.2) is 59.1 Å². The van der Waals surface area contributed by atoms with Gasteiger partial charge in [-0.05, 0) is 36.8 Å². The summed E-state index contributed by atoms with van der Waals surface area (Å²) in [6, 6.07) is 16.9. The summed E-state index contributed by atoms with van der Waals surface area (Å²) in [7, 11) is 0. The van der Waals surface area contributed by atoms with Gasteiger partial charge in [0.2, 0.25) is 5.89 Å². The van der Waals surface area contributed by atoms with Crippen molar-refractivity contribution in [2.24, 2.45) is 0 Å². The van der Waals surface area contributed by atoms with E-state index in [4.69, 9.17) is 9.26 Å². The highest BCUT2D eigenvalue weighted by molar-refractivity contribution is 5.94. The Bertz CT molecular complexity index is 813. The first-order valence-electron chi connectivity index (χ1n) is 8.11. The zero-order valence-corrected chi connectivity index (χ0v) is 13.9. The number of benzene rings is 2. The lowest BCUT2D eigenvalue weighted by atomic mass is 10.1. The first-order valence-corrected chi connectivity index (χ1v) is 8.11. The third-order valence-corrected chi connectivity index (χ3v) is 3.54. The van der Waals surface area contributed by atoms with Crippen LogP contribution < -0.4 is 10.1 Å². The normalized spacial score (nSPS) is 10.4. The number of amides is 1. The van der Waals surface area contributed by atoms with Gasteiger partial charge in [0.1, 0.15) is 5.75 Å². The molecule has 0 spiro atoms. The van der Waals surface area contributed by atoms with E-state index < -0.39 is 0 Å². The average molecular weight is 337 g/mol. The first-order chi connectivity index (χ1) is 12.2. The third kappa shape index (κ3) is 4.67. The predicted molar refractivity (Wildman–Crippen MR) is 92.3 cm³/mol. The Balaban J connectivity index is 1.54. The van der Waals surface area contributed by atoms with Crippen LogP contribution in [0, 0.1) is 0 Å². The molecular weight excluding hydrogens is 318 g/mol. The number of hydrogen-bond donors (Lipinski definition) is 1. The molecule has 6 nitrogen and oxygen atoms in total. The Morgan fingerprint density at radius 3 is 2.60 bits per heavy atom. The molecule has 0 saturated heterocycles. The maximum Gasteiger partial charge on any atom is 0.251 e. The fourth-order valence-electron chi connectivity index (χ4n) is 2.33. The van der Waals surface area contributed by atoms with Gasteiger partial charge in [-0.15, -0.1) is 0 Å². The SMILES string of the molecule is CCOc1ccc(C(=O)NCc2noc(Cc3ccccc3)n2)cc1. The molecule has 0 aliphatic carbocycles. The number of hydrogen-bond acceptors (Lipinski definition) is 5. The van der Waals surface area contributed by atoms with Gasteiger partial charge >= 0.3 is 0 Å². The highest BCUT2D eigenvalue weighted by Crippen LogP contribution is 2.12. The Morgan fingerprint density at radius 2 is 1.88 bits per heavy atom. The van der Waals surface area contributed by atoms with Crippen molar-refractivity contribution in [1.82, 2.24) is 15.5 Å². The van der Waals surface area contributed by atoms with Gasteiger partial charge in [0.05, 0.1) is 19.6 Å². The van der Waals surface area contributed by atoms with E-state index in [0.717, 1.165) is 11.3 Å². The molecule has 3 rings (SSSR count). The van der Waals surface area contributed by atoms with Crippen LogP contribution in [0.25, 0.3) is 0 Å². The van der Waals surface area contributed by atoms with Gasteiger partial charge in [0.15, 0.2) is 5.82 Å². The number of nitrogens with one attached hydrogen (secondary N) is 1. The highest BCUT2D eigenvalue weighted by Gasteiger charge is 2.10. The number of rotatable bonds is 7.